The van der Waals surface area contributed by atoms with E-state index in [1.54, 1.807) is 0 Å². The van der Waals surface area contributed by atoms with Crippen LogP contribution in [0.1, 0.15) is 39.0 Å². The van der Waals surface area contributed by atoms with Crippen LogP contribution in [-0.2, 0) is 4.79 Å². The molecule has 1 aliphatic carbocycles. The molecule has 1 aliphatic rings. The Balaban J connectivity index is 2.48. The molecule has 0 amide bonds. The predicted octanol–water partition coefficient (Wildman–Crippen LogP) is 1.92. The first-order valence-electron chi connectivity index (χ1n) is 5.32. The summed E-state index contributed by atoms with van der Waals surface area (Å²) in [7, 11) is 0. The Hall–Kier alpha value is -0.830. The highest BCUT2D eigenvalue weighted by Crippen LogP contribution is 2.27. The molecule has 0 aliphatic heterocycles. The van der Waals surface area contributed by atoms with Gasteiger partial charge in [0.25, 0.3) is 0 Å². The van der Waals surface area contributed by atoms with Crippen molar-refractivity contribution in [2.75, 3.05) is 0 Å². The lowest BCUT2D eigenvalue weighted by molar-refractivity contribution is -0.137. The summed E-state index contributed by atoms with van der Waals surface area (Å²) in [6, 6.07) is -0.780. The van der Waals surface area contributed by atoms with Gasteiger partial charge in [-0.1, -0.05) is 25.8 Å². The lowest BCUT2D eigenvalue weighted by atomic mass is 9.84. The van der Waals surface area contributed by atoms with E-state index in [4.69, 9.17) is 10.8 Å². The zero-order chi connectivity index (χ0) is 10.6. The van der Waals surface area contributed by atoms with Gasteiger partial charge in [0.1, 0.15) is 6.04 Å². The van der Waals surface area contributed by atoms with E-state index in [0.717, 1.165) is 30.8 Å². The lowest BCUT2D eigenvalue weighted by Crippen LogP contribution is -2.33. The van der Waals surface area contributed by atoms with Crippen molar-refractivity contribution in [1.29, 1.82) is 0 Å². The van der Waals surface area contributed by atoms with E-state index in [-0.39, 0.29) is 0 Å². The highest BCUT2D eigenvalue weighted by Gasteiger charge is 2.21. The highest BCUT2D eigenvalue weighted by atomic mass is 16.4. The zero-order valence-corrected chi connectivity index (χ0v) is 8.70. The fraction of sp³-hybridized carbons (Fsp3) is 0.727. The summed E-state index contributed by atoms with van der Waals surface area (Å²) in [4.78, 5) is 10.6. The number of hydrogen-bond acceptors (Lipinski definition) is 2. The summed E-state index contributed by atoms with van der Waals surface area (Å²) in [6.45, 7) is 2.18. The second-order valence-corrected chi connectivity index (χ2v) is 4.02. The van der Waals surface area contributed by atoms with Crippen LogP contribution in [0.3, 0.4) is 0 Å². The second-order valence-electron chi connectivity index (χ2n) is 4.02. The third-order valence-corrected chi connectivity index (χ3v) is 2.92. The number of aliphatic carboxylic acids is 1. The van der Waals surface area contributed by atoms with Crippen LogP contribution in [0.25, 0.3) is 0 Å². The molecule has 0 aromatic heterocycles. The van der Waals surface area contributed by atoms with E-state index in [1.165, 1.54) is 12.8 Å². The number of carboxylic acid groups (broad SMARTS) is 1. The predicted molar refractivity (Wildman–Crippen MR) is 55.9 cm³/mol. The van der Waals surface area contributed by atoms with Crippen molar-refractivity contribution in [2.45, 2.75) is 45.1 Å². The Labute approximate surface area is 85.0 Å². The first kappa shape index (κ1) is 11.2. The summed E-state index contributed by atoms with van der Waals surface area (Å²) in [5.41, 5.74) is 6.45. The number of carbonyl (C=O) groups is 1. The maximum absolute atomic E-state index is 10.6. The topological polar surface area (TPSA) is 63.3 Å². The second kappa shape index (κ2) is 5.15. The number of nitrogens with two attached hydrogens (primary N) is 1. The van der Waals surface area contributed by atoms with Gasteiger partial charge in [0.2, 0.25) is 0 Å². The molecule has 0 bridgehead atoms. The van der Waals surface area contributed by atoms with Crippen molar-refractivity contribution in [3.05, 3.63) is 11.6 Å². The summed E-state index contributed by atoms with van der Waals surface area (Å²) in [6.07, 6.45) is 7.44. The molecule has 2 atom stereocenters. The van der Waals surface area contributed by atoms with E-state index in [1.807, 2.05) is 6.08 Å². The number of rotatable bonds is 4. The molecule has 3 N–H and O–H groups in total. The molecule has 0 aromatic rings. The standard InChI is InChI=1S/C11H19NO2/c1-2-3-8-4-6-9(7-5-8)10(12)11(13)14/h6,8,10H,2-5,7,12H2,1H3,(H,13,14). The van der Waals surface area contributed by atoms with Crippen LogP contribution in [-0.4, -0.2) is 17.1 Å². The molecule has 0 saturated carbocycles. The van der Waals surface area contributed by atoms with Crippen LogP contribution < -0.4 is 5.73 Å². The van der Waals surface area contributed by atoms with Crippen molar-refractivity contribution in [3.63, 3.8) is 0 Å². The fourth-order valence-electron chi connectivity index (χ4n) is 2.02. The smallest absolute Gasteiger partial charge is 0.324 e. The van der Waals surface area contributed by atoms with Gasteiger partial charge >= 0.3 is 5.97 Å². The van der Waals surface area contributed by atoms with Gasteiger partial charge in [-0.3, -0.25) is 4.79 Å². The normalized spacial score (nSPS) is 24.1. The SMILES string of the molecule is CCCC1CC=C(C(N)C(=O)O)CC1. The van der Waals surface area contributed by atoms with Crippen molar-refractivity contribution in [2.24, 2.45) is 11.7 Å². The molecule has 80 valence electrons. The van der Waals surface area contributed by atoms with Crippen molar-refractivity contribution < 1.29 is 9.90 Å². The average Bonchev–Trinajstić information content (AvgIpc) is 2.18. The van der Waals surface area contributed by atoms with E-state index in [2.05, 4.69) is 6.92 Å². The largest absolute Gasteiger partial charge is 0.480 e. The lowest BCUT2D eigenvalue weighted by Gasteiger charge is -2.23. The summed E-state index contributed by atoms with van der Waals surface area (Å²) >= 11 is 0. The van der Waals surface area contributed by atoms with Gasteiger partial charge in [0.15, 0.2) is 0 Å². The molecule has 0 heterocycles. The van der Waals surface area contributed by atoms with Crippen LogP contribution >= 0.6 is 0 Å². The first-order valence-corrected chi connectivity index (χ1v) is 5.32. The maximum atomic E-state index is 10.6. The van der Waals surface area contributed by atoms with Gasteiger partial charge in [-0.2, -0.15) is 0 Å². The van der Waals surface area contributed by atoms with E-state index >= 15 is 0 Å². The molecule has 0 fully saturated rings. The summed E-state index contributed by atoms with van der Waals surface area (Å²) in [5, 5.41) is 8.74. The Kier molecular flexibility index (Phi) is 4.14. The summed E-state index contributed by atoms with van der Waals surface area (Å²) in [5.74, 6) is -0.171. The van der Waals surface area contributed by atoms with E-state index in [0.29, 0.717) is 0 Å². The van der Waals surface area contributed by atoms with E-state index < -0.39 is 12.0 Å². The minimum absolute atomic E-state index is 0.741. The molecule has 1 rings (SSSR count). The number of carboxylic acids is 1. The molecule has 14 heavy (non-hydrogen) atoms. The molecule has 3 nitrogen and oxygen atoms in total. The van der Waals surface area contributed by atoms with Crippen molar-refractivity contribution >= 4 is 5.97 Å². The molecule has 0 aromatic carbocycles. The van der Waals surface area contributed by atoms with E-state index in [9.17, 15) is 4.79 Å². The molecule has 0 spiro atoms. The summed E-state index contributed by atoms with van der Waals surface area (Å²) < 4.78 is 0. The van der Waals surface area contributed by atoms with Crippen LogP contribution in [0.15, 0.2) is 11.6 Å². The van der Waals surface area contributed by atoms with Gasteiger partial charge in [-0.05, 0) is 30.8 Å². The minimum atomic E-state index is -0.912. The highest BCUT2D eigenvalue weighted by molar-refractivity contribution is 5.77. The quantitative estimate of drug-likeness (QED) is 0.677. The van der Waals surface area contributed by atoms with Gasteiger partial charge in [-0.25, -0.2) is 0 Å². The molecule has 2 unspecified atom stereocenters. The maximum Gasteiger partial charge on any atom is 0.324 e. The van der Waals surface area contributed by atoms with Crippen LogP contribution in [0.5, 0.6) is 0 Å². The third kappa shape index (κ3) is 2.84. The van der Waals surface area contributed by atoms with Crippen LogP contribution in [0, 0.1) is 5.92 Å². The Morgan fingerprint density at radius 2 is 2.50 bits per heavy atom. The van der Waals surface area contributed by atoms with Gasteiger partial charge in [0.05, 0.1) is 0 Å². The molecule has 0 saturated heterocycles. The van der Waals surface area contributed by atoms with Crippen LogP contribution in [0.4, 0.5) is 0 Å². The zero-order valence-electron chi connectivity index (χ0n) is 8.70. The monoisotopic (exact) mass is 197 g/mol. The Morgan fingerprint density at radius 1 is 1.79 bits per heavy atom. The van der Waals surface area contributed by atoms with Gasteiger partial charge in [0, 0.05) is 0 Å². The number of hydrogen-bond donors (Lipinski definition) is 2. The first-order chi connectivity index (χ1) is 6.65. The van der Waals surface area contributed by atoms with Crippen LogP contribution in [0.2, 0.25) is 0 Å². The number of allylic oxidation sites excluding steroid dienone is 1. The van der Waals surface area contributed by atoms with Gasteiger partial charge in [-0.15, -0.1) is 0 Å². The molecule has 3 heteroatoms. The average molecular weight is 197 g/mol. The van der Waals surface area contributed by atoms with Crippen molar-refractivity contribution in [1.82, 2.24) is 0 Å². The molecular formula is C11H19NO2. The fourth-order valence-corrected chi connectivity index (χ4v) is 2.02. The molecule has 0 radical (unpaired) electrons. The Morgan fingerprint density at radius 3 is 2.93 bits per heavy atom. The minimum Gasteiger partial charge on any atom is -0.480 e. The van der Waals surface area contributed by atoms with Gasteiger partial charge < -0.3 is 10.8 Å². The molecular weight excluding hydrogens is 178 g/mol. The Bertz CT molecular complexity index is 235. The van der Waals surface area contributed by atoms with Crippen molar-refractivity contribution in [3.8, 4) is 0 Å². The third-order valence-electron chi connectivity index (χ3n) is 2.92.